The standard InChI is InChI=1S/C21H16F2N4O2/c1-29-15-6-4-5-13(11-15)19-20(27-10-3-2-7-18(27)25-19)26-21(28)24-14-8-9-16(22)17(23)12-14/h2-12H,1H3,(H2,24,26,28). The number of amides is 2. The fourth-order valence-corrected chi connectivity index (χ4v) is 2.93. The lowest BCUT2D eigenvalue weighted by molar-refractivity contribution is 0.262. The van der Waals surface area contributed by atoms with Gasteiger partial charge in [0.25, 0.3) is 0 Å². The summed E-state index contributed by atoms with van der Waals surface area (Å²) < 4.78 is 33.5. The van der Waals surface area contributed by atoms with Gasteiger partial charge in [0.05, 0.1) is 7.11 Å². The van der Waals surface area contributed by atoms with Gasteiger partial charge in [0.15, 0.2) is 11.6 Å². The second-order valence-electron chi connectivity index (χ2n) is 6.18. The molecule has 4 aromatic rings. The van der Waals surface area contributed by atoms with Gasteiger partial charge in [-0.3, -0.25) is 9.72 Å². The van der Waals surface area contributed by atoms with Crippen LogP contribution < -0.4 is 15.4 Å². The minimum Gasteiger partial charge on any atom is -0.497 e. The molecule has 0 aliphatic carbocycles. The van der Waals surface area contributed by atoms with Crippen molar-refractivity contribution in [2.75, 3.05) is 17.7 Å². The van der Waals surface area contributed by atoms with Crippen molar-refractivity contribution in [3.05, 3.63) is 78.5 Å². The van der Waals surface area contributed by atoms with Gasteiger partial charge >= 0.3 is 6.03 Å². The van der Waals surface area contributed by atoms with Crippen LogP contribution in [-0.2, 0) is 0 Å². The second kappa shape index (κ2) is 7.59. The van der Waals surface area contributed by atoms with Crippen LogP contribution in [0, 0.1) is 11.6 Å². The molecule has 2 aromatic heterocycles. The fourth-order valence-electron chi connectivity index (χ4n) is 2.93. The van der Waals surface area contributed by atoms with Gasteiger partial charge in [0.2, 0.25) is 0 Å². The highest BCUT2D eigenvalue weighted by Crippen LogP contribution is 2.31. The van der Waals surface area contributed by atoms with E-state index >= 15 is 0 Å². The number of aromatic nitrogens is 2. The molecule has 0 fully saturated rings. The Hall–Kier alpha value is -3.94. The van der Waals surface area contributed by atoms with Crippen LogP contribution in [0.2, 0.25) is 0 Å². The van der Waals surface area contributed by atoms with Gasteiger partial charge in [-0.05, 0) is 36.4 Å². The van der Waals surface area contributed by atoms with Crippen molar-refractivity contribution in [2.45, 2.75) is 0 Å². The van der Waals surface area contributed by atoms with Crippen LogP contribution in [0.4, 0.5) is 25.1 Å². The number of benzene rings is 2. The number of nitrogens with one attached hydrogen (secondary N) is 2. The van der Waals surface area contributed by atoms with Crippen LogP contribution in [0.25, 0.3) is 16.9 Å². The molecule has 2 amide bonds. The first-order valence-corrected chi connectivity index (χ1v) is 8.70. The number of pyridine rings is 1. The van der Waals surface area contributed by atoms with Crippen molar-refractivity contribution in [3.63, 3.8) is 0 Å². The Balaban J connectivity index is 1.70. The number of carbonyl (C=O) groups is 1. The van der Waals surface area contributed by atoms with Crippen molar-refractivity contribution in [2.24, 2.45) is 0 Å². The van der Waals surface area contributed by atoms with Crippen LogP contribution in [-0.4, -0.2) is 22.5 Å². The van der Waals surface area contributed by atoms with Gasteiger partial charge in [0.1, 0.15) is 22.9 Å². The molecule has 2 N–H and O–H groups in total. The van der Waals surface area contributed by atoms with Crippen molar-refractivity contribution in [1.82, 2.24) is 9.38 Å². The molecule has 6 nitrogen and oxygen atoms in total. The summed E-state index contributed by atoms with van der Waals surface area (Å²) in [6.45, 7) is 0. The smallest absolute Gasteiger partial charge is 0.324 e. The molecular formula is C21H16F2N4O2. The van der Waals surface area contributed by atoms with E-state index in [1.165, 1.54) is 6.07 Å². The number of nitrogens with zero attached hydrogens (tertiary/aromatic N) is 2. The third-order valence-corrected chi connectivity index (χ3v) is 4.28. The van der Waals surface area contributed by atoms with Gasteiger partial charge in [-0.1, -0.05) is 18.2 Å². The van der Waals surface area contributed by atoms with E-state index in [-0.39, 0.29) is 5.69 Å². The summed E-state index contributed by atoms with van der Waals surface area (Å²) >= 11 is 0. The van der Waals surface area contributed by atoms with Gasteiger partial charge in [-0.25, -0.2) is 18.6 Å². The second-order valence-corrected chi connectivity index (χ2v) is 6.18. The van der Waals surface area contributed by atoms with Crippen molar-refractivity contribution in [1.29, 1.82) is 0 Å². The van der Waals surface area contributed by atoms with Gasteiger partial charge in [-0.15, -0.1) is 0 Å². The Bertz CT molecular complexity index is 1210. The molecule has 0 unspecified atom stereocenters. The number of methoxy groups -OCH3 is 1. The average molecular weight is 394 g/mol. The lowest BCUT2D eigenvalue weighted by Gasteiger charge is -2.10. The molecule has 0 saturated carbocycles. The first kappa shape index (κ1) is 18.4. The van der Waals surface area contributed by atoms with Gasteiger partial charge in [0, 0.05) is 23.5 Å². The van der Waals surface area contributed by atoms with E-state index in [9.17, 15) is 13.6 Å². The molecular weight excluding hydrogens is 378 g/mol. The zero-order valence-corrected chi connectivity index (χ0v) is 15.3. The summed E-state index contributed by atoms with van der Waals surface area (Å²) in [6.07, 6.45) is 1.76. The van der Waals surface area contributed by atoms with Crippen LogP contribution in [0.1, 0.15) is 0 Å². The Morgan fingerprint density at radius 1 is 1.00 bits per heavy atom. The van der Waals surface area contributed by atoms with E-state index in [2.05, 4.69) is 15.6 Å². The zero-order chi connectivity index (χ0) is 20.4. The molecule has 2 aromatic carbocycles. The fraction of sp³-hybridized carbons (Fsp3) is 0.0476. The molecule has 29 heavy (non-hydrogen) atoms. The normalized spacial score (nSPS) is 10.7. The van der Waals surface area contributed by atoms with E-state index in [0.29, 0.717) is 22.9 Å². The lowest BCUT2D eigenvalue weighted by Crippen LogP contribution is -2.21. The van der Waals surface area contributed by atoms with Crippen molar-refractivity contribution >= 4 is 23.2 Å². The van der Waals surface area contributed by atoms with Gasteiger partial charge < -0.3 is 10.1 Å². The van der Waals surface area contributed by atoms with E-state index < -0.39 is 17.7 Å². The number of hydrogen-bond donors (Lipinski definition) is 2. The first-order valence-electron chi connectivity index (χ1n) is 8.70. The summed E-state index contributed by atoms with van der Waals surface area (Å²) in [5, 5.41) is 5.24. The Kier molecular flexibility index (Phi) is 4.82. The third-order valence-electron chi connectivity index (χ3n) is 4.28. The number of imidazole rings is 1. The number of carbonyl (C=O) groups excluding carboxylic acids is 1. The van der Waals surface area contributed by atoms with Gasteiger partial charge in [-0.2, -0.15) is 0 Å². The number of fused-ring (bicyclic) bond motifs is 1. The summed E-state index contributed by atoms with van der Waals surface area (Å²) in [5.41, 5.74) is 2.04. The topological polar surface area (TPSA) is 67.7 Å². The largest absolute Gasteiger partial charge is 0.497 e. The highest BCUT2D eigenvalue weighted by atomic mass is 19.2. The summed E-state index contributed by atoms with van der Waals surface area (Å²) in [7, 11) is 1.57. The predicted molar refractivity (Wildman–Crippen MR) is 106 cm³/mol. The molecule has 8 heteroatoms. The minimum atomic E-state index is -1.05. The van der Waals surface area contributed by atoms with E-state index in [0.717, 1.165) is 17.7 Å². The maximum Gasteiger partial charge on any atom is 0.324 e. The number of hydrogen-bond acceptors (Lipinski definition) is 3. The maximum absolute atomic E-state index is 13.4. The number of anilines is 2. The first-order chi connectivity index (χ1) is 14.0. The van der Waals surface area contributed by atoms with Crippen LogP contribution in [0.3, 0.4) is 0 Å². The lowest BCUT2D eigenvalue weighted by atomic mass is 10.1. The number of urea groups is 1. The maximum atomic E-state index is 13.4. The van der Waals surface area contributed by atoms with Crippen LogP contribution >= 0.6 is 0 Å². The van der Waals surface area contributed by atoms with Crippen LogP contribution in [0.15, 0.2) is 66.9 Å². The third kappa shape index (κ3) is 3.73. The molecule has 0 spiro atoms. The Labute approximate surface area is 164 Å². The number of ether oxygens (including phenoxy) is 1. The molecule has 0 atom stereocenters. The monoisotopic (exact) mass is 394 g/mol. The Morgan fingerprint density at radius 2 is 1.86 bits per heavy atom. The molecule has 146 valence electrons. The SMILES string of the molecule is COc1cccc(-c2nc3ccccn3c2NC(=O)Nc2ccc(F)c(F)c2)c1. The molecule has 2 heterocycles. The van der Waals surface area contributed by atoms with Crippen molar-refractivity contribution < 1.29 is 18.3 Å². The molecule has 0 radical (unpaired) electrons. The highest BCUT2D eigenvalue weighted by molar-refractivity contribution is 6.01. The predicted octanol–water partition coefficient (Wildman–Crippen LogP) is 4.93. The summed E-state index contributed by atoms with van der Waals surface area (Å²) in [4.78, 5) is 17.1. The highest BCUT2D eigenvalue weighted by Gasteiger charge is 2.17. The average Bonchev–Trinajstić information content (AvgIpc) is 3.09. The summed E-state index contributed by atoms with van der Waals surface area (Å²) in [6, 6.07) is 15.2. The quantitative estimate of drug-likeness (QED) is 0.516. The molecule has 4 rings (SSSR count). The van der Waals surface area contributed by atoms with E-state index in [1.807, 2.05) is 36.4 Å². The Morgan fingerprint density at radius 3 is 2.66 bits per heavy atom. The molecule has 0 saturated heterocycles. The van der Waals surface area contributed by atoms with Crippen molar-refractivity contribution in [3.8, 4) is 17.0 Å². The molecule has 0 aliphatic heterocycles. The number of halogens is 2. The van der Waals surface area contributed by atoms with Crippen LogP contribution in [0.5, 0.6) is 5.75 Å². The minimum absolute atomic E-state index is 0.123. The molecule has 0 aliphatic rings. The van der Waals surface area contributed by atoms with E-state index in [1.54, 1.807) is 23.8 Å². The zero-order valence-electron chi connectivity index (χ0n) is 15.3. The van der Waals surface area contributed by atoms with E-state index in [4.69, 9.17) is 4.74 Å². The summed E-state index contributed by atoms with van der Waals surface area (Å²) in [5.74, 6) is -0.960. The number of rotatable bonds is 4. The molecule has 0 bridgehead atoms.